The Balaban J connectivity index is 1.53. The largest absolute Gasteiger partial charge is 0.330 e. The van der Waals surface area contributed by atoms with Gasteiger partial charge < -0.3 is 10.2 Å². The third kappa shape index (κ3) is 4.38. The van der Waals surface area contributed by atoms with Crippen LogP contribution in [0.15, 0.2) is 36.5 Å². The van der Waals surface area contributed by atoms with Crippen LogP contribution in [0.3, 0.4) is 0 Å². The Morgan fingerprint density at radius 1 is 1.07 bits per heavy atom. The summed E-state index contributed by atoms with van der Waals surface area (Å²) in [4.78, 5) is 15.4. The highest BCUT2D eigenvalue weighted by Gasteiger charge is 2.29. The van der Waals surface area contributed by atoms with Crippen molar-refractivity contribution in [3.63, 3.8) is 0 Å². The van der Waals surface area contributed by atoms with Crippen LogP contribution in [0.5, 0.6) is 0 Å². The number of benzene rings is 1. The summed E-state index contributed by atoms with van der Waals surface area (Å²) in [6.45, 7) is 2.64. The van der Waals surface area contributed by atoms with Gasteiger partial charge in [0, 0.05) is 12.6 Å². The van der Waals surface area contributed by atoms with Crippen LogP contribution in [0, 0.1) is 0 Å². The summed E-state index contributed by atoms with van der Waals surface area (Å²) in [5, 5.41) is 11.9. The third-order valence-electron chi connectivity index (χ3n) is 5.88. The Labute approximate surface area is 160 Å². The first-order valence-corrected chi connectivity index (χ1v) is 10.3. The molecule has 27 heavy (non-hydrogen) atoms. The van der Waals surface area contributed by atoms with Gasteiger partial charge in [0.1, 0.15) is 0 Å². The second-order valence-corrected chi connectivity index (χ2v) is 7.78. The predicted octanol–water partition coefficient (Wildman–Crippen LogP) is 3.18. The molecule has 0 atom stereocenters. The second kappa shape index (κ2) is 8.65. The van der Waals surface area contributed by atoms with Gasteiger partial charge in [-0.2, -0.15) is 0 Å². The summed E-state index contributed by atoms with van der Waals surface area (Å²) < 4.78 is 1.90. The van der Waals surface area contributed by atoms with Gasteiger partial charge in [-0.25, -0.2) is 4.68 Å². The molecule has 2 heterocycles. The van der Waals surface area contributed by atoms with Crippen molar-refractivity contribution in [3.05, 3.63) is 47.8 Å². The van der Waals surface area contributed by atoms with E-state index < -0.39 is 0 Å². The lowest BCUT2D eigenvalue weighted by Crippen LogP contribution is -2.41. The van der Waals surface area contributed by atoms with Crippen molar-refractivity contribution in [3.8, 4) is 0 Å². The van der Waals surface area contributed by atoms with Crippen molar-refractivity contribution in [1.82, 2.24) is 25.2 Å². The fraction of sp³-hybridized carbons (Fsp3) is 0.571. The Morgan fingerprint density at radius 3 is 2.56 bits per heavy atom. The van der Waals surface area contributed by atoms with Crippen LogP contribution in [0.2, 0.25) is 0 Å². The number of nitrogens with zero attached hydrogens (tertiary/aromatic N) is 4. The van der Waals surface area contributed by atoms with E-state index in [2.05, 4.69) is 27.8 Å². The zero-order valence-electron chi connectivity index (χ0n) is 15.9. The molecular weight excluding hydrogens is 338 g/mol. The van der Waals surface area contributed by atoms with E-state index in [0.29, 0.717) is 24.3 Å². The molecule has 1 saturated carbocycles. The van der Waals surface area contributed by atoms with E-state index in [1.807, 2.05) is 34.0 Å². The summed E-state index contributed by atoms with van der Waals surface area (Å²) in [5.74, 6) is 0.0194. The zero-order chi connectivity index (χ0) is 18.5. The fourth-order valence-electron chi connectivity index (χ4n) is 4.31. The van der Waals surface area contributed by atoms with Gasteiger partial charge in [-0.3, -0.25) is 4.79 Å². The molecular formula is C21H29N5O. The Kier molecular flexibility index (Phi) is 5.82. The first-order valence-electron chi connectivity index (χ1n) is 10.3. The van der Waals surface area contributed by atoms with Crippen molar-refractivity contribution in [2.24, 2.45) is 0 Å². The first-order chi connectivity index (χ1) is 13.3. The zero-order valence-corrected chi connectivity index (χ0v) is 15.9. The van der Waals surface area contributed by atoms with Crippen LogP contribution in [0.25, 0.3) is 0 Å². The number of aromatic nitrogens is 3. The molecule has 0 radical (unpaired) electrons. The average molecular weight is 367 g/mol. The SMILES string of the molecule is O=C(c1cn(C2CCNCC2)nn1)N(Cc1ccccc1)C1CCCCC1. The smallest absolute Gasteiger partial charge is 0.276 e. The minimum absolute atomic E-state index is 0.0194. The van der Waals surface area contributed by atoms with Crippen LogP contribution in [0.1, 0.15) is 67.0 Å². The third-order valence-corrected chi connectivity index (χ3v) is 5.88. The maximum atomic E-state index is 13.3. The van der Waals surface area contributed by atoms with Crippen molar-refractivity contribution in [1.29, 1.82) is 0 Å². The van der Waals surface area contributed by atoms with Gasteiger partial charge in [0.25, 0.3) is 5.91 Å². The van der Waals surface area contributed by atoms with Gasteiger partial charge in [-0.15, -0.1) is 5.10 Å². The van der Waals surface area contributed by atoms with Gasteiger partial charge >= 0.3 is 0 Å². The standard InChI is InChI=1S/C21H29N5O/c27-21(20-16-26(24-23-20)19-11-13-22-14-12-19)25(18-9-5-2-6-10-18)15-17-7-3-1-4-8-17/h1,3-4,7-8,16,18-19,22H,2,5-6,9-15H2. The van der Waals surface area contributed by atoms with E-state index in [0.717, 1.165) is 38.8 Å². The van der Waals surface area contributed by atoms with Gasteiger partial charge in [0.15, 0.2) is 5.69 Å². The lowest BCUT2D eigenvalue weighted by atomic mass is 9.93. The van der Waals surface area contributed by atoms with E-state index >= 15 is 0 Å². The number of carbonyl (C=O) groups is 1. The summed E-state index contributed by atoms with van der Waals surface area (Å²) in [7, 11) is 0. The van der Waals surface area contributed by atoms with Crippen molar-refractivity contribution >= 4 is 5.91 Å². The normalized spacial score (nSPS) is 19.1. The molecule has 1 aliphatic heterocycles. The molecule has 1 N–H and O–H groups in total. The lowest BCUT2D eigenvalue weighted by molar-refractivity contribution is 0.0608. The van der Waals surface area contributed by atoms with Crippen molar-refractivity contribution in [2.75, 3.05) is 13.1 Å². The highest BCUT2D eigenvalue weighted by Crippen LogP contribution is 2.26. The fourth-order valence-corrected chi connectivity index (χ4v) is 4.31. The molecule has 1 aliphatic carbocycles. The van der Waals surface area contributed by atoms with Gasteiger partial charge in [0.2, 0.25) is 0 Å². The minimum Gasteiger partial charge on any atom is -0.330 e. The molecule has 2 aromatic rings. The van der Waals surface area contributed by atoms with E-state index in [1.54, 1.807) is 0 Å². The highest BCUT2D eigenvalue weighted by molar-refractivity contribution is 5.92. The molecule has 4 rings (SSSR count). The minimum atomic E-state index is 0.0194. The second-order valence-electron chi connectivity index (χ2n) is 7.78. The van der Waals surface area contributed by atoms with E-state index in [1.165, 1.54) is 24.8 Å². The van der Waals surface area contributed by atoms with Crippen LogP contribution in [-0.2, 0) is 6.54 Å². The van der Waals surface area contributed by atoms with Crippen LogP contribution < -0.4 is 5.32 Å². The Morgan fingerprint density at radius 2 is 1.81 bits per heavy atom. The molecule has 144 valence electrons. The van der Waals surface area contributed by atoms with Gasteiger partial charge in [-0.1, -0.05) is 54.8 Å². The molecule has 6 heteroatoms. The molecule has 1 aromatic carbocycles. The van der Waals surface area contributed by atoms with Gasteiger partial charge in [0.05, 0.1) is 12.2 Å². The number of hydrogen-bond donors (Lipinski definition) is 1. The quantitative estimate of drug-likeness (QED) is 0.882. The predicted molar refractivity (Wildman–Crippen MR) is 104 cm³/mol. The number of nitrogens with one attached hydrogen (secondary N) is 1. The Hall–Kier alpha value is -2.21. The highest BCUT2D eigenvalue weighted by atomic mass is 16.2. The lowest BCUT2D eigenvalue weighted by Gasteiger charge is -2.34. The van der Waals surface area contributed by atoms with E-state index in [9.17, 15) is 4.79 Å². The van der Waals surface area contributed by atoms with Crippen molar-refractivity contribution < 1.29 is 4.79 Å². The molecule has 1 saturated heterocycles. The summed E-state index contributed by atoms with van der Waals surface area (Å²) >= 11 is 0. The summed E-state index contributed by atoms with van der Waals surface area (Å²) in [6, 6.07) is 10.9. The molecule has 0 unspecified atom stereocenters. The monoisotopic (exact) mass is 367 g/mol. The first kappa shape index (κ1) is 18.2. The number of hydrogen-bond acceptors (Lipinski definition) is 4. The van der Waals surface area contributed by atoms with Crippen LogP contribution in [-0.4, -0.2) is 44.9 Å². The van der Waals surface area contributed by atoms with Crippen molar-refractivity contribution in [2.45, 2.75) is 63.6 Å². The van der Waals surface area contributed by atoms with E-state index in [-0.39, 0.29) is 5.91 Å². The molecule has 2 aliphatic rings. The number of amides is 1. The molecule has 6 nitrogen and oxygen atoms in total. The molecule has 0 spiro atoms. The summed E-state index contributed by atoms with van der Waals surface area (Å²) in [5.41, 5.74) is 1.65. The topological polar surface area (TPSA) is 63.1 Å². The summed E-state index contributed by atoms with van der Waals surface area (Å²) in [6.07, 6.45) is 9.77. The van der Waals surface area contributed by atoms with Crippen LogP contribution >= 0.6 is 0 Å². The number of carbonyl (C=O) groups excluding carboxylic acids is 1. The number of rotatable bonds is 5. The van der Waals surface area contributed by atoms with Gasteiger partial charge in [-0.05, 0) is 44.3 Å². The molecule has 2 fully saturated rings. The van der Waals surface area contributed by atoms with Crippen LogP contribution in [0.4, 0.5) is 0 Å². The van der Waals surface area contributed by atoms with E-state index in [4.69, 9.17) is 0 Å². The number of piperidine rings is 1. The maximum Gasteiger partial charge on any atom is 0.276 e. The molecule has 1 amide bonds. The maximum absolute atomic E-state index is 13.3. The molecule has 1 aromatic heterocycles. The molecule has 0 bridgehead atoms. The Bertz CT molecular complexity index is 732. The average Bonchev–Trinajstić information content (AvgIpc) is 3.24.